The summed E-state index contributed by atoms with van der Waals surface area (Å²) in [6.45, 7) is 2.92. The van der Waals surface area contributed by atoms with Crippen LogP contribution in [0.4, 0.5) is 13.2 Å². The second kappa shape index (κ2) is 6.68. The molecule has 2 heterocycles. The minimum absolute atomic E-state index is 0.0639. The van der Waals surface area contributed by atoms with Gasteiger partial charge in [-0.05, 0) is 32.8 Å². The quantitative estimate of drug-likeness (QED) is 0.855. The number of aryl methyl sites for hydroxylation is 2. The van der Waals surface area contributed by atoms with Gasteiger partial charge in [0.1, 0.15) is 13.2 Å². The second-order valence-corrected chi connectivity index (χ2v) is 5.62. The van der Waals surface area contributed by atoms with Crippen LogP contribution in [0.2, 0.25) is 0 Å². The van der Waals surface area contributed by atoms with Gasteiger partial charge in [0, 0.05) is 18.8 Å². The molecule has 1 unspecified atom stereocenters. The van der Waals surface area contributed by atoms with Crippen molar-refractivity contribution in [3.63, 3.8) is 0 Å². The summed E-state index contributed by atoms with van der Waals surface area (Å²) in [5.74, 6) is -0.407. The molecular formula is C14H20F3N3O2. The van der Waals surface area contributed by atoms with Crippen LogP contribution in [0.15, 0.2) is 6.07 Å². The Hall–Kier alpha value is -1.57. The summed E-state index contributed by atoms with van der Waals surface area (Å²) in [5, 5.41) is 4.42. The van der Waals surface area contributed by atoms with Crippen molar-refractivity contribution in [2.24, 2.45) is 0 Å². The largest absolute Gasteiger partial charge is 0.411 e. The lowest BCUT2D eigenvalue weighted by atomic mass is 10.1. The maximum atomic E-state index is 12.0. The van der Waals surface area contributed by atoms with Crippen molar-refractivity contribution in [3.8, 4) is 0 Å². The number of aromatic nitrogens is 2. The first-order valence-corrected chi connectivity index (χ1v) is 7.21. The topological polar surface area (TPSA) is 47.4 Å². The van der Waals surface area contributed by atoms with Crippen molar-refractivity contribution < 1.29 is 22.7 Å². The number of ether oxygens (including phenoxy) is 1. The number of carbonyl (C=O) groups excluding carboxylic acids is 1. The Bertz CT molecular complexity index is 528. The first kappa shape index (κ1) is 16.8. The fraction of sp³-hybridized carbons (Fsp3) is 0.714. The number of carbonyl (C=O) groups is 1. The van der Waals surface area contributed by atoms with Crippen molar-refractivity contribution >= 4 is 5.91 Å². The SMILES string of the molecule is Cc1cc(C)n(C2CCCN(C(=O)COCC(F)(F)F)C2)n1. The molecule has 0 bridgehead atoms. The Balaban J connectivity index is 1.90. The molecule has 1 aromatic heterocycles. The van der Waals surface area contributed by atoms with Crippen LogP contribution in [-0.4, -0.2) is 53.1 Å². The number of amides is 1. The summed E-state index contributed by atoms with van der Waals surface area (Å²) in [6, 6.07) is 2.03. The van der Waals surface area contributed by atoms with E-state index in [0.29, 0.717) is 13.1 Å². The molecule has 1 aliphatic rings. The molecule has 0 spiro atoms. The van der Waals surface area contributed by atoms with E-state index in [1.165, 1.54) is 0 Å². The zero-order chi connectivity index (χ0) is 16.3. The molecule has 1 fully saturated rings. The number of piperidine rings is 1. The van der Waals surface area contributed by atoms with Crippen LogP contribution >= 0.6 is 0 Å². The van der Waals surface area contributed by atoms with Gasteiger partial charge in [-0.1, -0.05) is 0 Å². The van der Waals surface area contributed by atoms with E-state index in [1.54, 1.807) is 4.90 Å². The summed E-state index contributed by atoms with van der Waals surface area (Å²) in [4.78, 5) is 13.5. The van der Waals surface area contributed by atoms with Crippen molar-refractivity contribution in [2.45, 2.75) is 38.9 Å². The molecule has 0 aromatic carbocycles. The predicted molar refractivity (Wildman–Crippen MR) is 73.4 cm³/mol. The minimum atomic E-state index is -4.41. The molecule has 1 saturated heterocycles. The summed E-state index contributed by atoms with van der Waals surface area (Å²) in [6.07, 6.45) is -2.71. The van der Waals surface area contributed by atoms with E-state index in [4.69, 9.17) is 0 Å². The first-order valence-electron chi connectivity index (χ1n) is 7.21. The zero-order valence-corrected chi connectivity index (χ0v) is 12.7. The molecule has 0 aliphatic carbocycles. The molecule has 8 heteroatoms. The van der Waals surface area contributed by atoms with Gasteiger partial charge in [-0.3, -0.25) is 9.48 Å². The van der Waals surface area contributed by atoms with E-state index >= 15 is 0 Å². The monoisotopic (exact) mass is 319 g/mol. The number of alkyl halides is 3. The van der Waals surface area contributed by atoms with Crippen LogP contribution < -0.4 is 0 Å². The van der Waals surface area contributed by atoms with E-state index in [0.717, 1.165) is 24.2 Å². The number of hydrogen-bond acceptors (Lipinski definition) is 3. The molecule has 0 N–H and O–H groups in total. The molecule has 0 saturated carbocycles. The van der Waals surface area contributed by atoms with E-state index in [-0.39, 0.29) is 6.04 Å². The normalized spacial score (nSPS) is 19.5. The third-order valence-corrected chi connectivity index (χ3v) is 3.63. The molecule has 1 amide bonds. The smallest absolute Gasteiger partial charge is 0.362 e. The number of likely N-dealkylation sites (tertiary alicyclic amines) is 1. The highest BCUT2D eigenvalue weighted by Crippen LogP contribution is 2.23. The Morgan fingerprint density at radius 2 is 2.18 bits per heavy atom. The fourth-order valence-corrected chi connectivity index (χ4v) is 2.74. The lowest BCUT2D eigenvalue weighted by Gasteiger charge is -2.33. The molecule has 1 aliphatic heterocycles. The van der Waals surface area contributed by atoms with Gasteiger partial charge in [-0.2, -0.15) is 18.3 Å². The van der Waals surface area contributed by atoms with Gasteiger partial charge in [0.2, 0.25) is 5.91 Å². The standard InChI is InChI=1S/C14H20F3N3O2/c1-10-6-11(2)20(18-10)12-4-3-5-19(7-12)13(21)8-22-9-14(15,16)17/h6,12H,3-5,7-9H2,1-2H3. The Labute approximate surface area is 127 Å². The number of halogens is 3. The summed E-state index contributed by atoms with van der Waals surface area (Å²) >= 11 is 0. The first-order chi connectivity index (χ1) is 10.3. The molecular weight excluding hydrogens is 299 g/mol. The van der Waals surface area contributed by atoms with Crippen molar-refractivity contribution in [2.75, 3.05) is 26.3 Å². The van der Waals surface area contributed by atoms with Crippen LogP contribution in [0.1, 0.15) is 30.3 Å². The average molecular weight is 319 g/mol. The molecule has 0 radical (unpaired) electrons. The Morgan fingerprint density at radius 1 is 1.45 bits per heavy atom. The highest BCUT2D eigenvalue weighted by atomic mass is 19.4. The van der Waals surface area contributed by atoms with E-state index in [9.17, 15) is 18.0 Å². The summed E-state index contributed by atoms with van der Waals surface area (Å²) in [7, 11) is 0. The van der Waals surface area contributed by atoms with Crippen molar-refractivity contribution in [1.82, 2.24) is 14.7 Å². The highest BCUT2D eigenvalue weighted by molar-refractivity contribution is 5.77. The Morgan fingerprint density at radius 3 is 2.77 bits per heavy atom. The van der Waals surface area contributed by atoms with Gasteiger partial charge in [0.25, 0.3) is 0 Å². The third-order valence-electron chi connectivity index (χ3n) is 3.63. The molecule has 1 atom stereocenters. The highest BCUT2D eigenvalue weighted by Gasteiger charge is 2.30. The minimum Gasteiger partial charge on any atom is -0.362 e. The summed E-state index contributed by atoms with van der Waals surface area (Å²) in [5.41, 5.74) is 1.93. The number of nitrogens with zero attached hydrogens (tertiary/aromatic N) is 3. The maximum absolute atomic E-state index is 12.0. The van der Waals surface area contributed by atoms with Crippen molar-refractivity contribution in [3.05, 3.63) is 17.5 Å². The van der Waals surface area contributed by atoms with Crippen LogP contribution in [0.25, 0.3) is 0 Å². The average Bonchev–Trinajstić information content (AvgIpc) is 2.76. The predicted octanol–water partition coefficient (Wildman–Crippen LogP) is 2.24. The second-order valence-electron chi connectivity index (χ2n) is 5.62. The number of hydrogen-bond donors (Lipinski definition) is 0. The maximum Gasteiger partial charge on any atom is 0.411 e. The molecule has 1 aromatic rings. The third kappa shape index (κ3) is 4.46. The van der Waals surface area contributed by atoms with Gasteiger partial charge in [-0.25, -0.2) is 0 Å². The van der Waals surface area contributed by atoms with E-state index in [2.05, 4.69) is 9.84 Å². The van der Waals surface area contributed by atoms with Crippen LogP contribution in [0.3, 0.4) is 0 Å². The zero-order valence-electron chi connectivity index (χ0n) is 12.7. The van der Waals surface area contributed by atoms with Gasteiger partial charge in [0.05, 0.1) is 11.7 Å². The van der Waals surface area contributed by atoms with Gasteiger partial charge in [-0.15, -0.1) is 0 Å². The van der Waals surface area contributed by atoms with E-state index < -0.39 is 25.3 Å². The van der Waals surface area contributed by atoms with Gasteiger partial charge < -0.3 is 9.64 Å². The summed E-state index contributed by atoms with van der Waals surface area (Å²) < 4.78 is 42.4. The van der Waals surface area contributed by atoms with Gasteiger partial charge >= 0.3 is 6.18 Å². The van der Waals surface area contributed by atoms with Crippen molar-refractivity contribution in [1.29, 1.82) is 0 Å². The van der Waals surface area contributed by atoms with Gasteiger partial charge in [0.15, 0.2) is 0 Å². The lowest BCUT2D eigenvalue weighted by Crippen LogP contribution is -2.43. The van der Waals surface area contributed by atoms with E-state index in [1.807, 2.05) is 24.6 Å². The lowest BCUT2D eigenvalue weighted by molar-refractivity contribution is -0.178. The van der Waals surface area contributed by atoms with Crippen LogP contribution in [0, 0.1) is 13.8 Å². The molecule has 22 heavy (non-hydrogen) atoms. The molecule has 5 nitrogen and oxygen atoms in total. The fourth-order valence-electron chi connectivity index (χ4n) is 2.74. The molecule has 124 valence electrons. The van der Waals surface area contributed by atoms with Crippen LogP contribution in [-0.2, 0) is 9.53 Å². The molecule has 2 rings (SSSR count). The van der Waals surface area contributed by atoms with Crippen LogP contribution in [0.5, 0.6) is 0 Å². The Kier molecular flexibility index (Phi) is 5.10. The number of rotatable bonds is 4.